The Labute approximate surface area is 134 Å². The van der Waals surface area contributed by atoms with Crippen molar-refractivity contribution in [2.24, 2.45) is 11.8 Å². The molecule has 22 heavy (non-hydrogen) atoms. The molecule has 0 aromatic heterocycles. The number of nitrogens with one attached hydrogen (secondary N) is 1. The number of ether oxygens (including phenoxy) is 2. The summed E-state index contributed by atoms with van der Waals surface area (Å²) in [6.45, 7) is 4.40. The second-order valence-electron chi connectivity index (χ2n) is 6.63. The first-order valence-corrected chi connectivity index (χ1v) is 8.54. The molecule has 0 bridgehead atoms. The van der Waals surface area contributed by atoms with E-state index in [1.807, 2.05) is 13.8 Å². The fourth-order valence-corrected chi connectivity index (χ4v) is 3.02. The van der Waals surface area contributed by atoms with E-state index in [9.17, 15) is 9.59 Å². The molecule has 5 heteroatoms. The molecule has 1 fully saturated rings. The van der Waals surface area contributed by atoms with Crippen LogP contribution >= 0.6 is 0 Å². The van der Waals surface area contributed by atoms with Crippen LogP contribution in [-0.4, -0.2) is 31.8 Å². The van der Waals surface area contributed by atoms with Gasteiger partial charge in [-0.3, -0.25) is 0 Å². The summed E-state index contributed by atoms with van der Waals surface area (Å²) in [6.07, 6.45) is 8.69. The number of hydrogen-bond acceptors (Lipinski definition) is 4. The van der Waals surface area contributed by atoms with Crippen molar-refractivity contribution in [2.75, 3.05) is 13.7 Å². The maximum Gasteiger partial charge on any atom is 0.407 e. The van der Waals surface area contributed by atoms with Gasteiger partial charge in [0.1, 0.15) is 6.04 Å². The molecule has 0 aromatic rings. The van der Waals surface area contributed by atoms with Gasteiger partial charge in [-0.2, -0.15) is 0 Å². The zero-order chi connectivity index (χ0) is 16.4. The molecular formula is C17H31NO4. The van der Waals surface area contributed by atoms with E-state index in [2.05, 4.69) is 5.32 Å². The first-order chi connectivity index (χ1) is 10.5. The zero-order valence-corrected chi connectivity index (χ0v) is 14.2. The first-order valence-electron chi connectivity index (χ1n) is 8.54. The van der Waals surface area contributed by atoms with Crippen molar-refractivity contribution in [3.05, 3.63) is 0 Å². The number of rotatable bonds is 8. The van der Waals surface area contributed by atoms with Gasteiger partial charge in [0, 0.05) is 0 Å². The van der Waals surface area contributed by atoms with Crippen molar-refractivity contribution >= 4 is 12.1 Å². The molecule has 0 saturated heterocycles. The molecule has 1 saturated carbocycles. The maximum atomic E-state index is 11.8. The number of methoxy groups -OCH3 is 1. The smallest absolute Gasteiger partial charge is 0.407 e. The van der Waals surface area contributed by atoms with E-state index in [1.54, 1.807) is 0 Å². The normalized spacial score (nSPS) is 17.1. The number of amides is 1. The minimum absolute atomic E-state index is 0.288. The SMILES string of the molecule is COC(=O)C(CC(C)C)NC(=O)OCCCC1CCCCC1. The lowest BCUT2D eigenvalue weighted by Crippen LogP contribution is -2.42. The van der Waals surface area contributed by atoms with Gasteiger partial charge in [0.25, 0.3) is 0 Å². The summed E-state index contributed by atoms with van der Waals surface area (Å²) in [5.41, 5.74) is 0. The van der Waals surface area contributed by atoms with Gasteiger partial charge in [-0.25, -0.2) is 9.59 Å². The number of carbonyl (C=O) groups is 2. The molecule has 5 nitrogen and oxygen atoms in total. The molecule has 0 radical (unpaired) electrons. The topological polar surface area (TPSA) is 64.6 Å². The average Bonchev–Trinajstić information content (AvgIpc) is 2.50. The average molecular weight is 313 g/mol. The van der Waals surface area contributed by atoms with Gasteiger partial charge in [0.15, 0.2) is 0 Å². The third kappa shape index (κ3) is 7.66. The highest BCUT2D eigenvalue weighted by Gasteiger charge is 2.23. The van der Waals surface area contributed by atoms with Gasteiger partial charge in [0.05, 0.1) is 13.7 Å². The highest BCUT2D eigenvalue weighted by Crippen LogP contribution is 2.27. The maximum absolute atomic E-state index is 11.8. The molecule has 1 aliphatic rings. The molecule has 0 heterocycles. The summed E-state index contributed by atoms with van der Waals surface area (Å²) in [4.78, 5) is 23.4. The molecule has 0 aromatic carbocycles. The predicted molar refractivity (Wildman–Crippen MR) is 85.6 cm³/mol. The molecule has 0 aliphatic heterocycles. The van der Waals surface area contributed by atoms with E-state index in [1.165, 1.54) is 39.2 Å². The Hall–Kier alpha value is -1.26. The fraction of sp³-hybridized carbons (Fsp3) is 0.882. The summed E-state index contributed by atoms with van der Waals surface area (Å²) in [5, 5.41) is 2.60. The summed E-state index contributed by atoms with van der Waals surface area (Å²) in [6, 6.07) is -0.629. The molecule has 1 rings (SSSR count). The fourth-order valence-electron chi connectivity index (χ4n) is 3.02. The minimum atomic E-state index is -0.629. The predicted octanol–water partition coefficient (Wildman–Crippen LogP) is 3.66. The van der Waals surface area contributed by atoms with Crippen molar-refractivity contribution < 1.29 is 19.1 Å². The molecule has 1 amide bonds. The number of carbonyl (C=O) groups excluding carboxylic acids is 2. The molecule has 1 atom stereocenters. The number of hydrogen-bond donors (Lipinski definition) is 1. The van der Waals surface area contributed by atoms with E-state index in [-0.39, 0.29) is 5.92 Å². The Morgan fingerprint density at radius 1 is 1.18 bits per heavy atom. The molecule has 0 spiro atoms. The second-order valence-corrected chi connectivity index (χ2v) is 6.63. The Morgan fingerprint density at radius 2 is 1.86 bits per heavy atom. The Kier molecular flexibility index (Phi) is 8.94. The van der Waals surface area contributed by atoms with Gasteiger partial charge in [-0.15, -0.1) is 0 Å². The van der Waals surface area contributed by atoms with Crippen LogP contribution in [0.1, 0.15) is 65.2 Å². The van der Waals surface area contributed by atoms with Gasteiger partial charge in [-0.05, 0) is 31.1 Å². The zero-order valence-electron chi connectivity index (χ0n) is 14.2. The third-order valence-corrected chi connectivity index (χ3v) is 4.20. The molecule has 1 unspecified atom stereocenters. The van der Waals surface area contributed by atoms with Crippen LogP contribution in [0.5, 0.6) is 0 Å². The lowest BCUT2D eigenvalue weighted by Gasteiger charge is -2.21. The van der Waals surface area contributed by atoms with Crippen molar-refractivity contribution in [1.82, 2.24) is 5.32 Å². The number of alkyl carbamates (subject to hydrolysis) is 1. The Bertz CT molecular complexity index is 338. The van der Waals surface area contributed by atoms with Crippen LogP contribution in [-0.2, 0) is 14.3 Å². The van der Waals surface area contributed by atoms with Crippen molar-refractivity contribution in [1.29, 1.82) is 0 Å². The van der Waals surface area contributed by atoms with E-state index in [4.69, 9.17) is 9.47 Å². The summed E-state index contributed by atoms with van der Waals surface area (Å²) in [7, 11) is 1.33. The summed E-state index contributed by atoms with van der Waals surface area (Å²) >= 11 is 0. The van der Waals surface area contributed by atoms with Crippen LogP contribution in [0, 0.1) is 11.8 Å². The van der Waals surface area contributed by atoms with Crippen molar-refractivity contribution in [3.8, 4) is 0 Å². The van der Waals surface area contributed by atoms with Crippen LogP contribution in [0.3, 0.4) is 0 Å². The van der Waals surface area contributed by atoms with Crippen LogP contribution in [0.25, 0.3) is 0 Å². The highest BCUT2D eigenvalue weighted by atomic mass is 16.6. The van der Waals surface area contributed by atoms with Gasteiger partial charge in [-0.1, -0.05) is 46.0 Å². The van der Waals surface area contributed by atoms with Crippen LogP contribution < -0.4 is 5.32 Å². The first kappa shape index (κ1) is 18.8. The van der Waals surface area contributed by atoms with Crippen molar-refractivity contribution in [2.45, 2.75) is 71.3 Å². The van der Waals surface area contributed by atoms with E-state index in [0.29, 0.717) is 13.0 Å². The lowest BCUT2D eigenvalue weighted by atomic mass is 9.86. The molecular weight excluding hydrogens is 282 g/mol. The van der Waals surface area contributed by atoms with Gasteiger partial charge >= 0.3 is 12.1 Å². The summed E-state index contributed by atoms with van der Waals surface area (Å²) in [5.74, 6) is 0.660. The molecule has 1 aliphatic carbocycles. The minimum Gasteiger partial charge on any atom is -0.467 e. The largest absolute Gasteiger partial charge is 0.467 e. The number of esters is 1. The summed E-state index contributed by atoms with van der Waals surface area (Å²) < 4.78 is 9.89. The van der Waals surface area contributed by atoms with Crippen LogP contribution in [0.15, 0.2) is 0 Å². The molecule has 1 N–H and O–H groups in total. The third-order valence-electron chi connectivity index (χ3n) is 4.20. The standard InChI is InChI=1S/C17H31NO4/c1-13(2)12-15(16(19)21-3)18-17(20)22-11-7-10-14-8-5-4-6-9-14/h13-15H,4-12H2,1-3H3,(H,18,20). The quantitative estimate of drug-likeness (QED) is 0.548. The van der Waals surface area contributed by atoms with Gasteiger partial charge < -0.3 is 14.8 Å². The Balaban J connectivity index is 2.20. The highest BCUT2D eigenvalue weighted by molar-refractivity contribution is 5.81. The lowest BCUT2D eigenvalue weighted by molar-refractivity contribution is -0.143. The van der Waals surface area contributed by atoms with E-state index < -0.39 is 18.1 Å². The second kappa shape index (κ2) is 10.5. The van der Waals surface area contributed by atoms with Crippen molar-refractivity contribution in [3.63, 3.8) is 0 Å². The van der Waals surface area contributed by atoms with Gasteiger partial charge in [0.2, 0.25) is 0 Å². The van der Waals surface area contributed by atoms with Crippen LogP contribution in [0.2, 0.25) is 0 Å². The molecule has 128 valence electrons. The van der Waals surface area contributed by atoms with E-state index >= 15 is 0 Å². The van der Waals surface area contributed by atoms with E-state index in [0.717, 1.165) is 18.8 Å². The Morgan fingerprint density at radius 3 is 2.45 bits per heavy atom. The van der Waals surface area contributed by atoms with Crippen LogP contribution in [0.4, 0.5) is 4.79 Å². The monoisotopic (exact) mass is 313 g/mol.